The first-order valence-corrected chi connectivity index (χ1v) is 12.0. The van der Waals surface area contributed by atoms with E-state index in [1.54, 1.807) is 24.3 Å². The fourth-order valence-electron chi connectivity index (χ4n) is 2.48. The first-order valence-electron chi connectivity index (χ1n) is 9.22. The molecule has 1 aliphatic rings. The summed E-state index contributed by atoms with van der Waals surface area (Å²) >= 11 is 6.70. The summed E-state index contributed by atoms with van der Waals surface area (Å²) in [5.41, 5.74) is 0.521. The summed E-state index contributed by atoms with van der Waals surface area (Å²) in [7, 11) is -2.44. The lowest BCUT2D eigenvalue weighted by Gasteiger charge is -2.17. The molecule has 0 aliphatic heterocycles. The number of rotatable bonds is 9. The van der Waals surface area contributed by atoms with Gasteiger partial charge in [-0.2, -0.15) is 0 Å². The molecule has 0 bridgehead atoms. The highest BCUT2D eigenvalue weighted by Crippen LogP contribution is 2.27. The van der Waals surface area contributed by atoms with Gasteiger partial charge in [0.05, 0.1) is 6.54 Å². The number of benzene rings is 1. The van der Waals surface area contributed by atoms with E-state index in [2.05, 4.69) is 10.0 Å². The Morgan fingerprint density at radius 2 is 1.87 bits per heavy atom. The highest BCUT2D eigenvalue weighted by molar-refractivity contribution is 7.89. The second-order valence-corrected chi connectivity index (χ2v) is 9.93. The first-order chi connectivity index (χ1) is 14.7. The monoisotopic (exact) mass is 485 g/mol. The summed E-state index contributed by atoms with van der Waals surface area (Å²) in [6.45, 7) is -0.889. The lowest BCUT2D eigenvalue weighted by Crippen LogP contribution is -2.37. The van der Waals surface area contributed by atoms with Crippen molar-refractivity contribution in [1.29, 1.82) is 0 Å². The number of carbonyl (C=O) groups excluding carboxylic acids is 3. The van der Waals surface area contributed by atoms with Gasteiger partial charge in [0.25, 0.3) is 5.91 Å². The van der Waals surface area contributed by atoms with E-state index in [0.29, 0.717) is 10.7 Å². The number of nitrogens with one attached hydrogen (secondary N) is 2. The molecule has 1 aliphatic carbocycles. The van der Waals surface area contributed by atoms with E-state index in [1.807, 2.05) is 0 Å². The number of halogens is 1. The van der Waals surface area contributed by atoms with Crippen LogP contribution in [0.1, 0.15) is 22.5 Å². The van der Waals surface area contributed by atoms with Gasteiger partial charge in [0, 0.05) is 23.8 Å². The van der Waals surface area contributed by atoms with Crippen molar-refractivity contribution in [1.82, 2.24) is 9.62 Å². The minimum Gasteiger partial charge on any atom is -0.451 e. The smallest absolute Gasteiger partial charge is 0.350 e. The van der Waals surface area contributed by atoms with E-state index in [4.69, 9.17) is 16.3 Å². The van der Waals surface area contributed by atoms with Crippen LogP contribution in [0.5, 0.6) is 0 Å². The zero-order valence-electron chi connectivity index (χ0n) is 16.5. The Bertz CT molecular complexity index is 1080. The third kappa shape index (κ3) is 6.50. The number of hydrogen-bond donors (Lipinski definition) is 2. The van der Waals surface area contributed by atoms with E-state index in [1.165, 1.54) is 18.5 Å². The van der Waals surface area contributed by atoms with Crippen molar-refractivity contribution >= 4 is 56.4 Å². The second-order valence-electron chi connectivity index (χ2n) is 6.89. The number of likely N-dealkylation sites (N-methyl/N-ethyl adjacent to an activating group) is 1. The minimum absolute atomic E-state index is 0.107. The van der Waals surface area contributed by atoms with Crippen molar-refractivity contribution in [3.63, 3.8) is 0 Å². The van der Waals surface area contributed by atoms with Crippen LogP contribution in [0.25, 0.3) is 0 Å². The third-order valence-electron chi connectivity index (χ3n) is 4.26. The summed E-state index contributed by atoms with van der Waals surface area (Å²) in [4.78, 5) is 37.4. The number of nitrogens with zero attached hydrogens (tertiary/aromatic N) is 1. The molecule has 0 saturated heterocycles. The lowest BCUT2D eigenvalue weighted by molar-refractivity contribution is -0.136. The van der Waals surface area contributed by atoms with E-state index in [-0.39, 0.29) is 22.4 Å². The number of amides is 2. The molecule has 2 aromatic rings. The molecule has 1 heterocycles. The van der Waals surface area contributed by atoms with Crippen LogP contribution >= 0.6 is 22.9 Å². The summed E-state index contributed by atoms with van der Waals surface area (Å²) in [5.74, 6) is -1.97. The Labute approximate surface area is 188 Å². The van der Waals surface area contributed by atoms with Crippen LogP contribution in [0.15, 0.2) is 40.6 Å². The maximum Gasteiger partial charge on any atom is 0.350 e. The molecule has 31 heavy (non-hydrogen) atoms. The Morgan fingerprint density at radius 3 is 2.52 bits per heavy atom. The van der Waals surface area contributed by atoms with Gasteiger partial charge in [0.1, 0.15) is 9.77 Å². The van der Waals surface area contributed by atoms with Crippen LogP contribution in [0.3, 0.4) is 0 Å². The summed E-state index contributed by atoms with van der Waals surface area (Å²) < 4.78 is 32.2. The number of ether oxygens (including phenoxy) is 1. The molecule has 1 aromatic heterocycles. The molecule has 0 unspecified atom stereocenters. The highest BCUT2D eigenvalue weighted by atomic mass is 35.5. The van der Waals surface area contributed by atoms with Crippen LogP contribution in [0.2, 0.25) is 5.02 Å². The molecule has 0 radical (unpaired) electrons. The van der Waals surface area contributed by atoms with Gasteiger partial charge in [-0.05, 0) is 48.6 Å². The molecule has 1 fully saturated rings. The van der Waals surface area contributed by atoms with Gasteiger partial charge in [-0.1, -0.05) is 11.6 Å². The highest BCUT2D eigenvalue weighted by Gasteiger charge is 2.32. The van der Waals surface area contributed by atoms with Gasteiger partial charge in [-0.25, -0.2) is 17.9 Å². The van der Waals surface area contributed by atoms with E-state index >= 15 is 0 Å². The second kappa shape index (κ2) is 9.77. The summed E-state index contributed by atoms with van der Waals surface area (Å²) in [6.07, 6.45) is 1.52. The standard InChI is InChI=1S/C19H20ClN3O6S2/c1-23(10-16(24)21-13-4-2-12(20)3-5-13)17(25)11-29-19(26)18-15(8-9-30-18)31(27,28)22-14-6-7-14/h2-5,8-9,14,22H,6-7,10-11H2,1H3,(H,21,24). The van der Waals surface area contributed by atoms with E-state index in [9.17, 15) is 22.8 Å². The maximum absolute atomic E-state index is 12.4. The van der Waals surface area contributed by atoms with Crippen molar-refractivity contribution in [2.45, 2.75) is 23.8 Å². The molecule has 3 rings (SSSR count). The Morgan fingerprint density at radius 1 is 1.19 bits per heavy atom. The maximum atomic E-state index is 12.4. The number of hydrogen-bond acceptors (Lipinski definition) is 7. The van der Waals surface area contributed by atoms with Gasteiger partial charge in [-0.15, -0.1) is 11.3 Å². The van der Waals surface area contributed by atoms with Crippen LogP contribution in [0, 0.1) is 0 Å². The van der Waals surface area contributed by atoms with Gasteiger partial charge < -0.3 is 15.0 Å². The van der Waals surface area contributed by atoms with Crippen molar-refractivity contribution in [3.8, 4) is 0 Å². The van der Waals surface area contributed by atoms with Crippen molar-refractivity contribution in [2.75, 3.05) is 25.5 Å². The zero-order valence-corrected chi connectivity index (χ0v) is 18.8. The molecule has 0 spiro atoms. The zero-order chi connectivity index (χ0) is 22.6. The molecular weight excluding hydrogens is 466 g/mol. The minimum atomic E-state index is -3.83. The van der Waals surface area contributed by atoms with Gasteiger partial charge in [0.2, 0.25) is 15.9 Å². The first kappa shape index (κ1) is 23.2. The average molecular weight is 486 g/mol. The molecule has 9 nitrogen and oxygen atoms in total. The number of carbonyl (C=O) groups is 3. The molecule has 2 N–H and O–H groups in total. The van der Waals surface area contributed by atoms with Crippen molar-refractivity contribution < 1.29 is 27.5 Å². The third-order valence-corrected chi connectivity index (χ3v) is 7.10. The fraction of sp³-hybridized carbons (Fsp3) is 0.316. The lowest BCUT2D eigenvalue weighted by atomic mass is 10.3. The van der Waals surface area contributed by atoms with Crippen LogP contribution in [-0.2, 0) is 24.3 Å². The molecule has 166 valence electrons. The van der Waals surface area contributed by atoms with Crippen molar-refractivity contribution in [2.24, 2.45) is 0 Å². The number of sulfonamides is 1. The number of esters is 1. The Balaban J connectivity index is 1.51. The van der Waals surface area contributed by atoms with Crippen LogP contribution in [0.4, 0.5) is 5.69 Å². The topological polar surface area (TPSA) is 122 Å². The molecule has 2 amide bonds. The van der Waals surface area contributed by atoms with E-state index < -0.39 is 34.4 Å². The number of thiophene rings is 1. The van der Waals surface area contributed by atoms with E-state index in [0.717, 1.165) is 29.1 Å². The Kier molecular flexibility index (Phi) is 7.31. The summed E-state index contributed by atoms with van der Waals surface area (Å²) in [6, 6.07) is 7.68. The number of anilines is 1. The SMILES string of the molecule is CN(CC(=O)Nc1ccc(Cl)cc1)C(=O)COC(=O)c1sccc1S(=O)(=O)NC1CC1. The predicted octanol–water partition coefficient (Wildman–Crippen LogP) is 2.10. The van der Waals surface area contributed by atoms with Crippen LogP contribution in [-0.4, -0.2) is 57.3 Å². The van der Waals surface area contributed by atoms with Gasteiger partial charge in [0.15, 0.2) is 6.61 Å². The quantitative estimate of drug-likeness (QED) is 0.524. The fourth-order valence-corrected chi connectivity index (χ4v) is 5.22. The summed E-state index contributed by atoms with van der Waals surface area (Å²) in [5, 5.41) is 4.61. The molecule has 1 saturated carbocycles. The molecule has 1 aromatic carbocycles. The van der Waals surface area contributed by atoms with Gasteiger partial charge >= 0.3 is 5.97 Å². The normalized spacial score (nSPS) is 13.5. The average Bonchev–Trinajstić information content (AvgIpc) is 3.36. The van der Waals surface area contributed by atoms with Gasteiger partial charge in [-0.3, -0.25) is 9.59 Å². The molecule has 0 atom stereocenters. The predicted molar refractivity (Wildman–Crippen MR) is 116 cm³/mol. The Hall–Kier alpha value is -2.47. The van der Waals surface area contributed by atoms with Crippen molar-refractivity contribution in [3.05, 3.63) is 45.6 Å². The van der Waals surface area contributed by atoms with Crippen LogP contribution < -0.4 is 10.0 Å². The molecule has 12 heteroatoms. The largest absolute Gasteiger partial charge is 0.451 e. The molecular formula is C19H20ClN3O6S2.